The predicted molar refractivity (Wildman–Crippen MR) is 29.1 cm³/mol. The molecule has 0 fully saturated rings. The monoisotopic (exact) mass is 98.1 g/mol. The molecule has 0 aromatic heterocycles. The minimum absolute atomic E-state index is 0.343. The lowest BCUT2D eigenvalue weighted by molar-refractivity contribution is 0.0830. The third-order valence-electron chi connectivity index (χ3n) is 1.08. The Morgan fingerprint density at radius 1 is 1.14 bits per heavy atom. The van der Waals surface area contributed by atoms with Gasteiger partial charge in [-0.1, -0.05) is 12.2 Å². The van der Waals surface area contributed by atoms with Crippen LogP contribution in [0.2, 0.25) is 0 Å². The molecule has 0 saturated heterocycles. The Morgan fingerprint density at radius 2 is 1.57 bits per heavy atom. The summed E-state index contributed by atoms with van der Waals surface area (Å²) in [4.78, 5) is 0. The molecule has 0 aromatic carbocycles. The van der Waals surface area contributed by atoms with Crippen molar-refractivity contribution in [2.45, 2.75) is 26.1 Å². The molecule has 0 aliphatic carbocycles. The van der Waals surface area contributed by atoms with Crippen LogP contribution in [-0.2, 0) is 4.74 Å². The highest BCUT2D eigenvalue weighted by Crippen LogP contribution is 2.08. The van der Waals surface area contributed by atoms with Crippen molar-refractivity contribution >= 4 is 0 Å². The first-order chi connectivity index (χ1) is 3.29. The standard InChI is InChI=1S/C6H10O/c1-5-3-4-6(2)7-5/h3-6H,1-2H3. The molecule has 2 unspecified atom stereocenters. The summed E-state index contributed by atoms with van der Waals surface area (Å²) in [5.74, 6) is 0. The molecule has 40 valence electrons. The van der Waals surface area contributed by atoms with Gasteiger partial charge in [0.15, 0.2) is 0 Å². The summed E-state index contributed by atoms with van der Waals surface area (Å²) in [6.07, 6.45) is 4.83. The maximum Gasteiger partial charge on any atom is 0.0736 e. The first kappa shape index (κ1) is 4.85. The van der Waals surface area contributed by atoms with Gasteiger partial charge in [-0.3, -0.25) is 0 Å². The summed E-state index contributed by atoms with van der Waals surface area (Å²) in [5, 5.41) is 0. The average molecular weight is 98.1 g/mol. The van der Waals surface area contributed by atoms with E-state index in [9.17, 15) is 0 Å². The number of hydrogen-bond donors (Lipinski definition) is 0. The van der Waals surface area contributed by atoms with Gasteiger partial charge in [-0.25, -0.2) is 0 Å². The van der Waals surface area contributed by atoms with Gasteiger partial charge in [0.1, 0.15) is 0 Å². The smallest absolute Gasteiger partial charge is 0.0736 e. The molecular formula is C6H10O. The third-order valence-corrected chi connectivity index (χ3v) is 1.08. The van der Waals surface area contributed by atoms with Gasteiger partial charge in [0.2, 0.25) is 0 Å². The lowest BCUT2D eigenvalue weighted by Crippen LogP contribution is -2.03. The summed E-state index contributed by atoms with van der Waals surface area (Å²) in [5.41, 5.74) is 0. The molecule has 0 N–H and O–H groups in total. The molecule has 7 heavy (non-hydrogen) atoms. The second-order valence-corrected chi connectivity index (χ2v) is 1.93. The molecule has 0 spiro atoms. The first-order valence-corrected chi connectivity index (χ1v) is 2.63. The van der Waals surface area contributed by atoms with E-state index in [4.69, 9.17) is 4.74 Å². The number of rotatable bonds is 0. The fraction of sp³-hybridized carbons (Fsp3) is 0.667. The van der Waals surface area contributed by atoms with Gasteiger partial charge in [0, 0.05) is 0 Å². The second-order valence-electron chi connectivity index (χ2n) is 1.93. The van der Waals surface area contributed by atoms with Crippen molar-refractivity contribution in [1.82, 2.24) is 0 Å². The lowest BCUT2D eigenvalue weighted by Gasteiger charge is -2.02. The van der Waals surface area contributed by atoms with Gasteiger partial charge in [-0.2, -0.15) is 0 Å². The average Bonchev–Trinajstić information content (AvgIpc) is 1.87. The maximum atomic E-state index is 5.25. The molecule has 2 atom stereocenters. The van der Waals surface area contributed by atoms with Crippen LogP contribution in [-0.4, -0.2) is 12.2 Å². The van der Waals surface area contributed by atoms with E-state index >= 15 is 0 Å². The van der Waals surface area contributed by atoms with Crippen LogP contribution in [0.4, 0.5) is 0 Å². The second kappa shape index (κ2) is 1.66. The van der Waals surface area contributed by atoms with Gasteiger partial charge in [0.05, 0.1) is 12.2 Å². The highest BCUT2D eigenvalue weighted by Gasteiger charge is 2.07. The number of ether oxygens (including phenoxy) is 1. The highest BCUT2D eigenvalue weighted by molar-refractivity contribution is 4.98. The molecule has 1 aliphatic rings. The molecule has 0 saturated carbocycles. The van der Waals surface area contributed by atoms with Crippen molar-refractivity contribution in [3.8, 4) is 0 Å². The molecule has 1 heteroatoms. The van der Waals surface area contributed by atoms with Crippen LogP contribution in [0, 0.1) is 0 Å². The normalized spacial score (nSPS) is 39.7. The molecule has 1 aliphatic heterocycles. The first-order valence-electron chi connectivity index (χ1n) is 2.63. The summed E-state index contributed by atoms with van der Waals surface area (Å²) in [6, 6.07) is 0. The zero-order valence-corrected chi connectivity index (χ0v) is 4.72. The quantitative estimate of drug-likeness (QED) is 0.415. The van der Waals surface area contributed by atoms with E-state index < -0.39 is 0 Å². The van der Waals surface area contributed by atoms with Gasteiger partial charge < -0.3 is 4.74 Å². The zero-order chi connectivity index (χ0) is 5.28. The Kier molecular flexibility index (Phi) is 1.15. The minimum Gasteiger partial charge on any atom is -0.367 e. The van der Waals surface area contributed by atoms with Crippen molar-refractivity contribution in [2.75, 3.05) is 0 Å². The summed E-state index contributed by atoms with van der Waals surface area (Å²) in [7, 11) is 0. The van der Waals surface area contributed by atoms with Crippen LogP contribution in [0.15, 0.2) is 12.2 Å². The van der Waals surface area contributed by atoms with Crippen molar-refractivity contribution in [2.24, 2.45) is 0 Å². The van der Waals surface area contributed by atoms with E-state index in [2.05, 4.69) is 12.2 Å². The summed E-state index contributed by atoms with van der Waals surface area (Å²) >= 11 is 0. The predicted octanol–water partition coefficient (Wildman–Crippen LogP) is 1.35. The Labute approximate surface area is 44.0 Å². The Hall–Kier alpha value is -0.300. The van der Waals surface area contributed by atoms with Crippen molar-refractivity contribution in [3.05, 3.63) is 12.2 Å². The van der Waals surface area contributed by atoms with E-state index in [1.165, 1.54) is 0 Å². The fourth-order valence-electron chi connectivity index (χ4n) is 0.742. The van der Waals surface area contributed by atoms with Gasteiger partial charge in [0.25, 0.3) is 0 Å². The maximum absolute atomic E-state index is 5.25. The molecular weight excluding hydrogens is 88.1 g/mol. The van der Waals surface area contributed by atoms with Crippen LogP contribution in [0.5, 0.6) is 0 Å². The van der Waals surface area contributed by atoms with Crippen LogP contribution in [0.1, 0.15) is 13.8 Å². The molecule has 0 bridgehead atoms. The van der Waals surface area contributed by atoms with Crippen molar-refractivity contribution < 1.29 is 4.74 Å². The van der Waals surface area contributed by atoms with Gasteiger partial charge in [-0.15, -0.1) is 0 Å². The molecule has 0 aromatic rings. The summed E-state index contributed by atoms with van der Waals surface area (Å²) < 4.78 is 5.25. The van der Waals surface area contributed by atoms with E-state index in [0.29, 0.717) is 12.2 Å². The summed E-state index contributed by atoms with van der Waals surface area (Å²) in [6.45, 7) is 4.08. The molecule has 0 amide bonds. The molecule has 0 radical (unpaired) electrons. The molecule has 1 nitrogen and oxygen atoms in total. The Morgan fingerprint density at radius 3 is 1.71 bits per heavy atom. The van der Waals surface area contributed by atoms with E-state index in [1.54, 1.807) is 0 Å². The van der Waals surface area contributed by atoms with Crippen LogP contribution in [0.25, 0.3) is 0 Å². The lowest BCUT2D eigenvalue weighted by atomic mass is 10.4. The van der Waals surface area contributed by atoms with Crippen LogP contribution in [0.3, 0.4) is 0 Å². The van der Waals surface area contributed by atoms with E-state index in [0.717, 1.165) is 0 Å². The van der Waals surface area contributed by atoms with Crippen LogP contribution < -0.4 is 0 Å². The van der Waals surface area contributed by atoms with E-state index in [1.807, 2.05) is 13.8 Å². The van der Waals surface area contributed by atoms with Crippen molar-refractivity contribution in [3.63, 3.8) is 0 Å². The topological polar surface area (TPSA) is 9.23 Å². The Bertz CT molecular complexity index is 76.2. The van der Waals surface area contributed by atoms with Crippen molar-refractivity contribution in [1.29, 1.82) is 0 Å². The third kappa shape index (κ3) is 1.03. The zero-order valence-electron chi connectivity index (χ0n) is 4.72. The fourth-order valence-corrected chi connectivity index (χ4v) is 0.742. The molecule has 1 rings (SSSR count). The molecule has 1 heterocycles. The largest absolute Gasteiger partial charge is 0.367 e. The van der Waals surface area contributed by atoms with E-state index in [-0.39, 0.29) is 0 Å². The van der Waals surface area contributed by atoms with Crippen LogP contribution >= 0.6 is 0 Å². The van der Waals surface area contributed by atoms with Gasteiger partial charge in [-0.05, 0) is 13.8 Å². The SMILES string of the molecule is CC1C=CC(C)O1. The minimum atomic E-state index is 0.343. The number of hydrogen-bond acceptors (Lipinski definition) is 1. The Balaban J connectivity index is 2.42. The van der Waals surface area contributed by atoms with Gasteiger partial charge >= 0.3 is 0 Å². The highest BCUT2D eigenvalue weighted by atomic mass is 16.5.